The first-order valence-corrected chi connectivity index (χ1v) is 22.8. The Morgan fingerprint density at radius 1 is 0.883 bits per heavy atom. The Morgan fingerprint density at radius 3 is 2.35 bits per heavy atom. The zero-order chi connectivity index (χ0) is 43.2. The Balaban J connectivity index is 0.945. The van der Waals surface area contributed by atoms with Crippen molar-refractivity contribution in [3.8, 4) is 5.75 Å². The van der Waals surface area contributed by atoms with Gasteiger partial charge in [-0.2, -0.15) is 9.28 Å². The lowest BCUT2D eigenvalue weighted by atomic mass is 9.44. The summed E-state index contributed by atoms with van der Waals surface area (Å²) in [4.78, 5) is 23.9. The van der Waals surface area contributed by atoms with Crippen molar-refractivity contribution >= 4 is 23.4 Å². The van der Waals surface area contributed by atoms with Crippen LogP contribution in [-0.2, 0) is 14.5 Å². The molecule has 0 aromatic heterocycles. The van der Waals surface area contributed by atoms with Crippen LogP contribution in [0.5, 0.6) is 5.75 Å². The van der Waals surface area contributed by atoms with E-state index < -0.39 is 17.6 Å². The number of unbranched alkanes of at least 4 members (excludes halogenated alkanes) is 4. The molecule has 0 radical (unpaired) electrons. The smallest absolute Gasteiger partial charge is 0.338 e. The molecule has 0 bridgehead atoms. The summed E-state index contributed by atoms with van der Waals surface area (Å²) in [5, 5.41) is 0. The SMILES string of the molecule is CC(C)=CCCCC(C)C1CCC2C3CC=C4C(C)(C)C(OO/C=C/c5ccc(OCCCCCCOC(=O)c6cc(N)cc(N)c6)c(F)c5F)CCC4(C)C3CCC12C. The lowest BCUT2D eigenvalue weighted by Crippen LogP contribution is -2.55. The summed E-state index contributed by atoms with van der Waals surface area (Å²) < 4.78 is 40.9. The van der Waals surface area contributed by atoms with Gasteiger partial charge in [-0.25, -0.2) is 9.18 Å². The number of anilines is 2. The van der Waals surface area contributed by atoms with Crippen molar-refractivity contribution in [2.24, 2.45) is 45.8 Å². The van der Waals surface area contributed by atoms with E-state index in [1.165, 1.54) is 92.7 Å². The van der Waals surface area contributed by atoms with Crippen molar-refractivity contribution in [3.63, 3.8) is 0 Å². The third-order valence-corrected chi connectivity index (χ3v) is 15.4. The van der Waals surface area contributed by atoms with Gasteiger partial charge in [-0.05, 0) is 174 Å². The monoisotopic (exact) mass is 831 g/mol. The number of halogens is 2. The molecule has 4 aliphatic rings. The van der Waals surface area contributed by atoms with Crippen LogP contribution in [0.4, 0.5) is 20.2 Å². The molecule has 4 N–H and O–H groups in total. The molecule has 2 aromatic carbocycles. The maximum absolute atomic E-state index is 15.1. The second-order valence-corrected chi connectivity index (χ2v) is 19.9. The van der Waals surface area contributed by atoms with Gasteiger partial charge >= 0.3 is 5.97 Å². The molecule has 0 saturated heterocycles. The molecule has 6 rings (SSSR count). The number of hydrogen-bond acceptors (Lipinski definition) is 7. The standard InChI is InChI=1S/C51H72F2N2O5/c1-33(2)14-10-11-15-34(3)40-18-19-41-39-17-21-44-49(4,5)45(23-26-51(44,7)42(39)22-25-50(40,41)6)60-59-29-24-35-16-20-43(47(53)46(35)52)57-27-12-8-9-13-28-58-48(56)36-30-37(54)32-38(55)31-36/h14,16,20-21,24,29-32,34,39-42,45H,8-13,15,17-19,22-23,25-28,54-55H2,1-7H3/b29-24+. The van der Waals surface area contributed by atoms with Crippen molar-refractivity contribution in [2.45, 2.75) is 144 Å². The predicted octanol–water partition coefficient (Wildman–Crippen LogP) is 13.2. The molecule has 0 spiro atoms. The number of fused-ring (bicyclic) bond motifs is 5. The van der Waals surface area contributed by atoms with Crippen LogP contribution in [0.2, 0.25) is 0 Å². The minimum Gasteiger partial charge on any atom is -0.490 e. The van der Waals surface area contributed by atoms with Crippen LogP contribution >= 0.6 is 0 Å². The molecule has 4 aliphatic carbocycles. The number of rotatable bonds is 18. The van der Waals surface area contributed by atoms with E-state index in [-0.39, 0.29) is 41.5 Å². The highest BCUT2D eigenvalue weighted by molar-refractivity contribution is 5.91. The molecule has 0 amide bonds. The van der Waals surface area contributed by atoms with Crippen molar-refractivity contribution < 1.29 is 32.8 Å². The predicted molar refractivity (Wildman–Crippen MR) is 238 cm³/mol. The molecule has 3 fully saturated rings. The molecular weight excluding hydrogens is 759 g/mol. The maximum Gasteiger partial charge on any atom is 0.338 e. The van der Waals surface area contributed by atoms with Gasteiger partial charge in [0.2, 0.25) is 5.82 Å². The first kappa shape index (κ1) is 45.7. The summed E-state index contributed by atoms with van der Waals surface area (Å²) in [5.74, 6) is 1.21. The molecule has 330 valence electrons. The Kier molecular flexibility index (Phi) is 14.8. The highest BCUT2D eigenvalue weighted by Gasteiger charge is 2.61. The molecule has 9 heteroatoms. The summed E-state index contributed by atoms with van der Waals surface area (Å²) in [7, 11) is 0. The number of ether oxygens (including phenoxy) is 2. The third-order valence-electron chi connectivity index (χ3n) is 15.4. The van der Waals surface area contributed by atoms with E-state index in [9.17, 15) is 9.18 Å². The van der Waals surface area contributed by atoms with Crippen LogP contribution in [0, 0.1) is 57.5 Å². The average molecular weight is 831 g/mol. The maximum atomic E-state index is 15.1. The number of nitrogens with two attached hydrogens (primary N) is 2. The highest BCUT2D eigenvalue weighted by Crippen LogP contribution is 2.69. The summed E-state index contributed by atoms with van der Waals surface area (Å²) >= 11 is 0. The van der Waals surface area contributed by atoms with Gasteiger partial charge in [0.1, 0.15) is 12.4 Å². The van der Waals surface area contributed by atoms with Gasteiger partial charge in [0.25, 0.3) is 0 Å². The number of hydrogen-bond donors (Lipinski definition) is 2. The van der Waals surface area contributed by atoms with Crippen molar-refractivity contribution in [1.82, 2.24) is 0 Å². The Morgan fingerprint density at radius 2 is 1.62 bits per heavy atom. The molecule has 8 unspecified atom stereocenters. The molecule has 60 heavy (non-hydrogen) atoms. The second kappa shape index (κ2) is 19.5. The molecule has 2 aromatic rings. The van der Waals surface area contributed by atoms with Crippen LogP contribution in [0.1, 0.15) is 154 Å². The summed E-state index contributed by atoms with van der Waals surface area (Å²) in [6, 6.07) is 7.54. The number of carbonyl (C=O) groups excluding carboxylic acids is 1. The van der Waals surface area contributed by atoms with E-state index in [2.05, 4.69) is 60.6 Å². The fraction of sp³-hybridized carbons (Fsp3) is 0.627. The molecule has 3 saturated carbocycles. The van der Waals surface area contributed by atoms with Crippen LogP contribution in [-0.4, -0.2) is 25.3 Å². The summed E-state index contributed by atoms with van der Waals surface area (Å²) in [6.07, 6.45) is 22.7. The van der Waals surface area contributed by atoms with Gasteiger partial charge in [0.15, 0.2) is 11.6 Å². The average Bonchev–Trinajstić information content (AvgIpc) is 3.55. The number of allylic oxidation sites excluding steroid dienone is 3. The number of carbonyl (C=O) groups is 1. The van der Waals surface area contributed by atoms with Crippen molar-refractivity contribution in [1.29, 1.82) is 0 Å². The first-order chi connectivity index (χ1) is 28.6. The quantitative estimate of drug-likeness (QED) is 0.0293. The van der Waals surface area contributed by atoms with E-state index in [1.807, 2.05) is 0 Å². The Hall–Kier alpha value is -3.85. The minimum absolute atomic E-state index is 0.0481. The van der Waals surface area contributed by atoms with E-state index in [4.69, 9.17) is 30.7 Å². The number of benzene rings is 2. The largest absolute Gasteiger partial charge is 0.490 e. The van der Waals surface area contributed by atoms with Gasteiger partial charge in [0.05, 0.1) is 18.8 Å². The zero-order valence-electron chi connectivity index (χ0n) is 37.4. The van der Waals surface area contributed by atoms with Gasteiger partial charge in [-0.1, -0.05) is 64.3 Å². The van der Waals surface area contributed by atoms with Crippen LogP contribution < -0.4 is 16.2 Å². The second-order valence-electron chi connectivity index (χ2n) is 19.9. The molecule has 8 atom stereocenters. The molecular formula is C51H72F2N2O5. The van der Waals surface area contributed by atoms with E-state index in [0.29, 0.717) is 41.1 Å². The van der Waals surface area contributed by atoms with Crippen molar-refractivity contribution in [2.75, 3.05) is 24.7 Å². The Bertz CT molecular complexity index is 1880. The number of esters is 1. The van der Waals surface area contributed by atoms with Crippen molar-refractivity contribution in [3.05, 3.63) is 82.7 Å². The summed E-state index contributed by atoms with van der Waals surface area (Å²) in [5.41, 5.74) is 16.0. The van der Waals surface area contributed by atoms with Gasteiger partial charge in [-0.3, -0.25) is 0 Å². The van der Waals surface area contributed by atoms with E-state index in [1.54, 1.807) is 6.07 Å². The topological polar surface area (TPSA) is 106 Å². The minimum atomic E-state index is -1.04. The van der Waals surface area contributed by atoms with E-state index >= 15 is 4.39 Å². The molecule has 0 aliphatic heterocycles. The van der Waals surface area contributed by atoms with Crippen LogP contribution in [0.15, 0.2) is 59.9 Å². The lowest BCUT2D eigenvalue weighted by Gasteiger charge is -2.61. The molecule has 7 nitrogen and oxygen atoms in total. The highest BCUT2D eigenvalue weighted by atomic mass is 19.2. The summed E-state index contributed by atoms with van der Waals surface area (Å²) in [6.45, 7) is 17.2. The molecule has 0 heterocycles. The third kappa shape index (κ3) is 9.92. The van der Waals surface area contributed by atoms with Gasteiger partial charge in [-0.15, -0.1) is 0 Å². The van der Waals surface area contributed by atoms with Crippen LogP contribution in [0.25, 0.3) is 6.08 Å². The normalized spacial score (nSPS) is 28.6. The zero-order valence-corrected chi connectivity index (χ0v) is 37.4. The van der Waals surface area contributed by atoms with Crippen LogP contribution in [0.3, 0.4) is 0 Å². The fourth-order valence-corrected chi connectivity index (χ4v) is 12.3. The van der Waals surface area contributed by atoms with E-state index in [0.717, 1.165) is 55.8 Å². The van der Waals surface area contributed by atoms with Gasteiger partial charge < -0.3 is 25.8 Å². The lowest BCUT2D eigenvalue weighted by molar-refractivity contribution is -0.309. The van der Waals surface area contributed by atoms with Gasteiger partial charge in [0, 0.05) is 22.4 Å². The Labute approximate surface area is 358 Å². The fourth-order valence-electron chi connectivity index (χ4n) is 12.3. The number of nitrogen functional groups attached to an aromatic ring is 2. The first-order valence-electron chi connectivity index (χ1n) is 22.8.